The van der Waals surface area contributed by atoms with E-state index in [1.807, 2.05) is 0 Å². The topological polar surface area (TPSA) is 146 Å². The third-order valence-corrected chi connectivity index (χ3v) is 2.87. The Morgan fingerprint density at radius 2 is 2.00 bits per heavy atom. The van der Waals surface area contributed by atoms with Crippen molar-refractivity contribution in [3.63, 3.8) is 0 Å². The summed E-state index contributed by atoms with van der Waals surface area (Å²) in [4.78, 5) is 21.5. The van der Waals surface area contributed by atoms with Crippen LogP contribution in [0.1, 0.15) is 13.3 Å². The third-order valence-electron chi connectivity index (χ3n) is 2.87. The van der Waals surface area contributed by atoms with E-state index in [4.69, 9.17) is 19.7 Å². The number of hydrogen-bond donors (Lipinski definition) is 5. The standard InChI is InChI=1S/C11H19NO8/c1-5(14)12-8-10(19-3-2-7(15)16)9(17)6(4-13)20-11(8)18/h6,8-11,13,17-18H,2-4H2,1H3,(H,12,14)(H,15,16)/t6-,8-,9-,10-,11-/m1/s1. The van der Waals surface area contributed by atoms with Crippen LogP contribution in [0.4, 0.5) is 0 Å². The smallest absolute Gasteiger partial charge is 0.305 e. The zero-order chi connectivity index (χ0) is 15.3. The molecule has 0 bridgehead atoms. The zero-order valence-electron chi connectivity index (χ0n) is 10.9. The van der Waals surface area contributed by atoms with Gasteiger partial charge in [0.05, 0.1) is 19.6 Å². The van der Waals surface area contributed by atoms with Crippen LogP contribution in [0.3, 0.4) is 0 Å². The van der Waals surface area contributed by atoms with Crippen LogP contribution in [0.15, 0.2) is 0 Å². The van der Waals surface area contributed by atoms with E-state index in [0.29, 0.717) is 0 Å². The first-order valence-electron chi connectivity index (χ1n) is 6.09. The van der Waals surface area contributed by atoms with Gasteiger partial charge in [0, 0.05) is 6.92 Å². The lowest BCUT2D eigenvalue weighted by molar-refractivity contribution is -0.262. The van der Waals surface area contributed by atoms with Gasteiger partial charge in [-0.05, 0) is 0 Å². The lowest BCUT2D eigenvalue weighted by Crippen LogP contribution is -2.64. The Hall–Kier alpha value is -1.26. The van der Waals surface area contributed by atoms with Crippen LogP contribution in [0.25, 0.3) is 0 Å². The summed E-state index contributed by atoms with van der Waals surface area (Å²) in [6, 6.07) is -1.06. The number of carboxylic acid groups (broad SMARTS) is 1. The van der Waals surface area contributed by atoms with Gasteiger partial charge in [-0.25, -0.2) is 0 Å². The molecule has 9 heteroatoms. The summed E-state index contributed by atoms with van der Waals surface area (Å²) in [6.45, 7) is 0.452. The fourth-order valence-corrected chi connectivity index (χ4v) is 1.95. The SMILES string of the molecule is CC(=O)N[C@@H]1[C@@H](OCCC(=O)O)[C@H](O)[C@@H](CO)O[C@H]1O. The molecule has 5 N–H and O–H groups in total. The van der Waals surface area contributed by atoms with Gasteiger partial charge in [-0.2, -0.15) is 0 Å². The molecule has 0 radical (unpaired) electrons. The number of aliphatic carboxylic acids is 1. The number of amides is 1. The Kier molecular flexibility index (Phi) is 6.30. The molecule has 0 aromatic rings. The first kappa shape index (κ1) is 16.8. The maximum atomic E-state index is 11.1. The Balaban J connectivity index is 2.76. The molecule has 1 amide bonds. The minimum Gasteiger partial charge on any atom is -0.481 e. The normalized spacial score (nSPS) is 33.7. The zero-order valence-corrected chi connectivity index (χ0v) is 10.9. The number of carbonyl (C=O) groups excluding carboxylic acids is 1. The first-order valence-corrected chi connectivity index (χ1v) is 6.09. The van der Waals surface area contributed by atoms with Crippen molar-refractivity contribution >= 4 is 11.9 Å². The second kappa shape index (κ2) is 7.50. The average Bonchev–Trinajstić information content (AvgIpc) is 2.36. The average molecular weight is 293 g/mol. The fourth-order valence-electron chi connectivity index (χ4n) is 1.95. The minimum atomic E-state index is -1.48. The number of carbonyl (C=O) groups is 2. The maximum absolute atomic E-state index is 11.1. The maximum Gasteiger partial charge on any atom is 0.305 e. The molecule has 5 atom stereocenters. The first-order chi connectivity index (χ1) is 9.36. The van der Waals surface area contributed by atoms with Crippen LogP contribution in [0, 0.1) is 0 Å². The van der Waals surface area contributed by atoms with Crippen molar-refractivity contribution in [1.82, 2.24) is 5.32 Å². The van der Waals surface area contributed by atoms with E-state index >= 15 is 0 Å². The van der Waals surface area contributed by atoms with E-state index in [2.05, 4.69) is 5.32 Å². The van der Waals surface area contributed by atoms with Gasteiger partial charge in [0.25, 0.3) is 0 Å². The molecule has 0 saturated carbocycles. The van der Waals surface area contributed by atoms with Gasteiger partial charge in [-0.3, -0.25) is 9.59 Å². The Morgan fingerprint density at radius 3 is 2.50 bits per heavy atom. The number of rotatable bonds is 6. The van der Waals surface area contributed by atoms with Crippen LogP contribution in [0.2, 0.25) is 0 Å². The monoisotopic (exact) mass is 293 g/mol. The van der Waals surface area contributed by atoms with E-state index in [1.165, 1.54) is 6.92 Å². The van der Waals surface area contributed by atoms with E-state index in [-0.39, 0.29) is 13.0 Å². The van der Waals surface area contributed by atoms with Gasteiger partial charge in [0.15, 0.2) is 6.29 Å². The Bertz CT molecular complexity index is 349. The van der Waals surface area contributed by atoms with E-state index in [9.17, 15) is 19.8 Å². The third kappa shape index (κ3) is 4.39. The molecule has 1 aliphatic heterocycles. The van der Waals surface area contributed by atoms with Crippen molar-refractivity contribution in [3.05, 3.63) is 0 Å². The van der Waals surface area contributed by atoms with Gasteiger partial charge in [0.2, 0.25) is 5.91 Å². The lowest BCUT2D eigenvalue weighted by atomic mass is 9.96. The molecule has 1 fully saturated rings. The second-order valence-electron chi connectivity index (χ2n) is 4.44. The Morgan fingerprint density at radius 1 is 1.35 bits per heavy atom. The number of aliphatic hydroxyl groups is 3. The van der Waals surface area contributed by atoms with Gasteiger partial charge in [0.1, 0.15) is 24.4 Å². The van der Waals surface area contributed by atoms with Crippen LogP contribution in [0.5, 0.6) is 0 Å². The molecule has 116 valence electrons. The van der Waals surface area contributed by atoms with Crippen LogP contribution >= 0.6 is 0 Å². The van der Waals surface area contributed by atoms with Gasteiger partial charge < -0.3 is 35.2 Å². The summed E-state index contributed by atoms with van der Waals surface area (Å²) in [5, 5.41) is 39.7. The number of ether oxygens (including phenoxy) is 2. The summed E-state index contributed by atoms with van der Waals surface area (Å²) < 4.78 is 10.2. The van der Waals surface area contributed by atoms with Crippen LogP contribution in [-0.4, -0.2) is 76.2 Å². The van der Waals surface area contributed by atoms with E-state index in [0.717, 1.165) is 0 Å². The molecule has 0 aromatic heterocycles. The highest BCUT2D eigenvalue weighted by Crippen LogP contribution is 2.22. The highest BCUT2D eigenvalue weighted by Gasteiger charge is 2.45. The second-order valence-corrected chi connectivity index (χ2v) is 4.44. The van der Waals surface area contributed by atoms with Gasteiger partial charge >= 0.3 is 5.97 Å². The van der Waals surface area contributed by atoms with Crippen molar-refractivity contribution in [2.75, 3.05) is 13.2 Å². The quantitative estimate of drug-likeness (QED) is 0.359. The van der Waals surface area contributed by atoms with Crippen molar-refractivity contribution in [2.24, 2.45) is 0 Å². The minimum absolute atomic E-state index is 0.210. The number of aliphatic hydroxyl groups excluding tert-OH is 3. The van der Waals surface area contributed by atoms with E-state index in [1.54, 1.807) is 0 Å². The molecule has 9 nitrogen and oxygen atoms in total. The molecule has 1 heterocycles. The molecular weight excluding hydrogens is 274 g/mol. The van der Waals surface area contributed by atoms with Crippen molar-refractivity contribution in [2.45, 2.75) is 44.0 Å². The summed E-state index contributed by atoms with van der Waals surface area (Å²) >= 11 is 0. The highest BCUT2D eigenvalue weighted by molar-refractivity contribution is 5.73. The molecule has 0 unspecified atom stereocenters. The summed E-state index contributed by atoms with van der Waals surface area (Å²) in [5.74, 6) is -1.55. The van der Waals surface area contributed by atoms with Crippen molar-refractivity contribution in [1.29, 1.82) is 0 Å². The van der Waals surface area contributed by atoms with E-state index < -0.39 is 49.1 Å². The largest absolute Gasteiger partial charge is 0.481 e. The fraction of sp³-hybridized carbons (Fsp3) is 0.818. The highest BCUT2D eigenvalue weighted by atomic mass is 16.6. The summed E-state index contributed by atoms with van der Waals surface area (Å²) in [5.41, 5.74) is 0. The molecule has 1 saturated heterocycles. The molecular formula is C11H19NO8. The van der Waals surface area contributed by atoms with Crippen LogP contribution < -0.4 is 5.32 Å². The molecule has 1 aliphatic rings. The molecule has 0 aromatic carbocycles. The predicted molar refractivity (Wildman–Crippen MR) is 63.6 cm³/mol. The number of nitrogens with one attached hydrogen (secondary N) is 1. The molecule has 0 spiro atoms. The summed E-state index contributed by atoms with van der Waals surface area (Å²) in [6.07, 6.45) is -5.25. The van der Waals surface area contributed by atoms with Crippen molar-refractivity contribution < 1.29 is 39.5 Å². The van der Waals surface area contributed by atoms with Gasteiger partial charge in [-0.15, -0.1) is 0 Å². The molecule has 20 heavy (non-hydrogen) atoms. The summed E-state index contributed by atoms with van der Waals surface area (Å²) in [7, 11) is 0. The predicted octanol–water partition coefficient (Wildman–Crippen LogP) is -2.58. The molecule has 0 aliphatic carbocycles. The lowest BCUT2D eigenvalue weighted by Gasteiger charge is -2.42. The number of carboxylic acids is 1. The number of hydrogen-bond acceptors (Lipinski definition) is 7. The molecule has 1 rings (SSSR count). The van der Waals surface area contributed by atoms with Gasteiger partial charge in [-0.1, -0.05) is 0 Å². The van der Waals surface area contributed by atoms with Crippen molar-refractivity contribution in [3.8, 4) is 0 Å². The Labute approximate surface area is 115 Å². The van der Waals surface area contributed by atoms with Crippen LogP contribution in [-0.2, 0) is 19.1 Å².